The number of hydrogen-bond donors (Lipinski definition) is 3. The van der Waals surface area contributed by atoms with Crippen LogP contribution in [0.5, 0.6) is 0 Å². The number of esters is 1. The lowest BCUT2D eigenvalue weighted by atomic mass is 10.2. The number of carbonyl (C=O) groups excluding carboxylic acids is 3. The van der Waals surface area contributed by atoms with E-state index in [4.69, 9.17) is 4.74 Å². The Hall–Kier alpha value is -3.61. The highest BCUT2D eigenvalue weighted by Gasteiger charge is 2.20. The Labute approximate surface area is 155 Å². The van der Waals surface area contributed by atoms with Crippen LogP contribution in [-0.2, 0) is 14.3 Å². The van der Waals surface area contributed by atoms with Crippen molar-refractivity contribution < 1.29 is 19.1 Å². The van der Waals surface area contributed by atoms with Crippen LogP contribution in [0.4, 0.5) is 11.4 Å². The van der Waals surface area contributed by atoms with Crippen molar-refractivity contribution in [3.8, 4) is 0 Å². The van der Waals surface area contributed by atoms with E-state index < -0.39 is 18.0 Å². The van der Waals surface area contributed by atoms with E-state index in [-0.39, 0.29) is 11.6 Å². The quantitative estimate of drug-likeness (QED) is 0.604. The maximum absolute atomic E-state index is 12.3. The Kier molecular flexibility index (Phi) is 5.21. The molecule has 0 saturated heterocycles. The third-order valence-electron chi connectivity index (χ3n) is 3.88. The number of para-hydroxylation sites is 1. The predicted octanol–water partition coefficient (Wildman–Crippen LogP) is 3.31. The summed E-state index contributed by atoms with van der Waals surface area (Å²) in [4.78, 5) is 38.5. The molecule has 3 N–H and O–H groups in total. The topological polar surface area (TPSA) is 100 Å². The molecule has 7 nitrogen and oxygen atoms in total. The van der Waals surface area contributed by atoms with Crippen LogP contribution in [0.25, 0.3) is 10.9 Å². The Morgan fingerprint density at radius 1 is 0.963 bits per heavy atom. The summed E-state index contributed by atoms with van der Waals surface area (Å²) in [5.41, 5.74) is 2.26. The zero-order chi connectivity index (χ0) is 19.4. The minimum absolute atomic E-state index is 0.177. The van der Waals surface area contributed by atoms with Gasteiger partial charge in [-0.1, -0.05) is 18.2 Å². The SMILES string of the molecule is CC(=O)Nc1ccc(NC(=O)[C@@H](C)OC(=O)c2cc3ccccc3[nH]2)cc1. The Morgan fingerprint density at radius 2 is 1.59 bits per heavy atom. The maximum Gasteiger partial charge on any atom is 0.355 e. The molecule has 2 aromatic carbocycles. The molecule has 1 heterocycles. The number of nitrogens with one attached hydrogen (secondary N) is 3. The molecule has 0 unspecified atom stereocenters. The minimum atomic E-state index is -0.973. The maximum atomic E-state index is 12.3. The summed E-state index contributed by atoms with van der Waals surface area (Å²) in [6, 6.07) is 15.8. The summed E-state index contributed by atoms with van der Waals surface area (Å²) in [5.74, 6) is -1.23. The second-order valence-corrected chi connectivity index (χ2v) is 6.07. The first-order chi connectivity index (χ1) is 12.9. The molecule has 0 spiro atoms. The second kappa shape index (κ2) is 7.74. The fourth-order valence-corrected chi connectivity index (χ4v) is 2.54. The van der Waals surface area contributed by atoms with E-state index in [1.54, 1.807) is 30.3 Å². The molecule has 0 bridgehead atoms. The number of ether oxygens (including phenoxy) is 1. The smallest absolute Gasteiger partial charge is 0.355 e. The summed E-state index contributed by atoms with van der Waals surface area (Å²) in [6.45, 7) is 2.92. The zero-order valence-electron chi connectivity index (χ0n) is 14.9. The third kappa shape index (κ3) is 4.52. The van der Waals surface area contributed by atoms with Crippen LogP contribution < -0.4 is 10.6 Å². The molecule has 7 heteroatoms. The Balaban J connectivity index is 1.59. The van der Waals surface area contributed by atoms with Crippen molar-refractivity contribution in [1.29, 1.82) is 0 Å². The summed E-state index contributed by atoms with van der Waals surface area (Å²) < 4.78 is 5.24. The van der Waals surface area contributed by atoms with Crippen LogP contribution in [0.15, 0.2) is 54.6 Å². The molecule has 1 aromatic heterocycles. The molecule has 0 radical (unpaired) electrons. The van der Waals surface area contributed by atoms with E-state index in [1.165, 1.54) is 13.8 Å². The molecule has 3 aromatic rings. The highest BCUT2D eigenvalue weighted by atomic mass is 16.5. The van der Waals surface area contributed by atoms with Crippen LogP contribution in [0, 0.1) is 0 Å². The zero-order valence-corrected chi connectivity index (χ0v) is 14.9. The number of H-pyrrole nitrogens is 1. The standard InChI is InChI=1S/C20H19N3O4/c1-12(19(25)22-16-9-7-15(8-10-16)21-13(2)24)27-20(26)18-11-14-5-3-4-6-17(14)23-18/h3-12,23H,1-2H3,(H,21,24)(H,22,25)/t12-/m1/s1. The van der Waals surface area contributed by atoms with Gasteiger partial charge in [-0.3, -0.25) is 9.59 Å². The van der Waals surface area contributed by atoms with Crippen molar-refractivity contribution in [2.45, 2.75) is 20.0 Å². The van der Waals surface area contributed by atoms with Crippen molar-refractivity contribution in [2.75, 3.05) is 10.6 Å². The molecule has 0 aliphatic carbocycles. The van der Waals surface area contributed by atoms with Crippen molar-refractivity contribution >= 4 is 40.1 Å². The monoisotopic (exact) mass is 365 g/mol. The number of aromatic nitrogens is 1. The highest BCUT2D eigenvalue weighted by Crippen LogP contribution is 2.17. The first-order valence-electron chi connectivity index (χ1n) is 8.39. The number of rotatable bonds is 5. The third-order valence-corrected chi connectivity index (χ3v) is 3.88. The lowest BCUT2D eigenvalue weighted by Crippen LogP contribution is -2.30. The van der Waals surface area contributed by atoms with Gasteiger partial charge in [0.1, 0.15) is 5.69 Å². The lowest BCUT2D eigenvalue weighted by Gasteiger charge is -2.13. The van der Waals surface area contributed by atoms with Crippen molar-refractivity contribution in [1.82, 2.24) is 4.98 Å². The number of carbonyl (C=O) groups is 3. The van der Waals surface area contributed by atoms with E-state index in [1.807, 2.05) is 24.3 Å². The van der Waals surface area contributed by atoms with Gasteiger partial charge < -0.3 is 20.4 Å². The van der Waals surface area contributed by atoms with Crippen molar-refractivity contribution in [3.63, 3.8) is 0 Å². The molecular formula is C20H19N3O4. The first kappa shape index (κ1) is 18.2. The lowest BCUT2D eigenvalue weighted by molar-refractivity contribution is -0.123. The highest BCUT2D eigenvalue weighted by molar-refractivity contribution is 5.99. The van der Waals surface area contributed by atoms with E-state index >= 15 is 0 Å². The van der Waals surface area contributed by atoms with E-state index in [0.717, 1.165) is 10.9 Å². The van der Waals surface area contributed by atoms with Gasteiger partial charge in [0.15, 0.2) is 6.10 Å². The molecule has 2 amide bonds. The first-order valence-corrected chi connectivity index (χ1v) is 8.39. The Morgan fingerprint density at radius 3 is 2.22 bits per heavy atom. The number of anilines is 2. The van der Waals surface area contributed by atoms with Crippen molar-refractivity contribution in [3.05, 3.63) is 60.3 Å². The second-order valence-electron chi connectivity index (χ2n) is 6.07. The van der Waals surface area contributed by atoms with Crippen LogP contribution in [-0.4, -0.2) is 28.9 Å². The molecule has 0 fully saturated rings. The van der Waals surface area contributed by atoms with Crippen LogP contribution >= 0.6 is 0 Å². The van der Waals surface area contributed by atoms with Gasteiger partial charge >= 0.3 is 5.97 Å². The fraction of sp³-hybridized carbons (Fsp3) is 0.150. The molecule has 0 saturated carbocycles. The summed E-state index contributed by atoms with van der Waals surface area (Å²) in [5, 5.41) is 6.20. The molecule has 27 heavy (non-hydrogen) atoms. The van der Waals surface area contributed by atoms with Gasteiger partial charge in [-0.05, 0) is 43.3 Å². The minimum Gasteiger partial charge on any atom is -0.448 e. The molecule has 0 aliphatic heterocycles. The van der Waals surface area contributed by atoms with E-state index in [9.17, 15) is 14.4 Å². The average Bonchev–Trinajstić information content (AvgIpc) is 3.07. The predicted molar refractivity (Wildman–Crippen MR) is 103 cm³/mol. The summed E-state index contributed by atoms with van der Waals surface area (Å²) in [6.07, 6.45) is -0.973. The average molecular weight is 365 g/mol. The molecule has 138 valence electrons. The van der Waals surface area contributed by atoms with Gasteiger partial charge in [-0.2, -0.15) is 0 Å². The molecule has 3 rings (SSSR count). The van der Waals surface area contributed by atoms with Gasteiger partial charge in [-0.25, -0.2) is 4.79 Å². The number of fused-ring (bicyclic) bond motifs is 1. The van der Waals surface area contributed by atoms with Gasteiger partial charge in [-0.15, -0.1) is 0 Å². The van der Waals surface area contributed by atoms with E-state index in [2.05, 4.69) is 15.6 Å². The van der Waals surface area contributed by atoms with Gasteiger partial charge in [0, 0.05) is 29.2 Å². The number of hydrogen-bond acceptors (Lipinski definition) is 4. The van der Waals surface area contributed by atoms with Gasteiger partial charge in [0.25, 0.3) is 5.91 Å². The molecule has 1 atom stereocenters. The van der Waals surface area contributed by atoms with Crippen LogP contribution in [0.2, 0.25) is 0 Å². The van der Waals surface area contributed by atoms with Gasteiger partial charge in [0.2, 0.25) is 5.91 Å². The molecule has 0 aliphatic rings. The van der Waals surface area contributed by atoms with Crippen molar-refractivity contribution in [2.24, 2.45) is 0 Å². The number of amides is 2. The number of benzene rings is 2. The fourth-order valence-electron chi connectivity index (χ4n) is 2.54. The Bertz CT molecular complexity index is 959. The van der Waals surface area contributed by atoms with Crippen LogP contribution in [0.1, 0.15) is 24.3 Å². The summed E-state index contributed by atoms with van der Waals surface area (Å²) >= 11 is 0. The van der Waals surface area contributed by atoms with Crippen LogP contribution in [0.3, 0.4) is 0 Å². The molecular weight excluding hydrogens is 346 g/mol. The largest absolute Gasteiger partial charge is 0.448 e. The summed E-state index contributed by atoms with van der Waals surface area (Å²) in [7, 11) is 0. The number of aromatic amines is 1. The van der Waals surface area contributed by atoms with Gasteiger partial charge in [0.05, 0.1) is 0 Å². The van der Waals surface area contributed by atoms with E-state index in [0.29, 0.717) is 11.4 Å². The normalized spacial score (nSPS) is 11.6.